The third-order valence-electron chi connectivity index (χ3n) is 0.986. The Morgan fingerprint density at radius 2 is 2.10 bits per heavy atom. The van der Waals surface area contributed by atoms with E-state index in [-0.39, 0.29) is 12.4 Å². The van der Waals surface area contributed by atoms with Crippen molar-refractivity contribution in [1.29, 1.82) is 0 Å². The van der Waals surface area contributed by atoms with Gasteiger partial charge < -0.3 is 5.11 Å². The maximum Gasteiger partial charge on any atom is 0.135 e. The lowest BCUT2D eigenvalue weighted by molar-refractivity contribution is -0.115. The fourth-order valence-corrected chi connectivity index (χ4v) is 0.657. The number of ketones is 1. The van der Waals surface area contributed by atoms with Crippen LogP contribution < -0.4 is 0 Å². The molecule has 1 N–H and O–H groups in total. The first-order valence-corrected chi connectivity index (χ1v) is 3.27. The Kier molecular flexibility index (Phi) is 4.76. The lowest BCUT2D eigenvalue weighted by Gasteiger charge is -1.94. The molecule has 0 rings (SSSR count). The van der Waals surface area contributed by atoms with E-state index in [9.17, 15) is 4.79 Å². The molecule has 0 bridgehead atoms. The summed E-state index contributed by atoms with van der Waals surface area (Å²) in [5, 5.41) is 8.36. The molecule has 0 saturated heterocycles. The Bertz CT molecular complexity index is 141. The summed E-state index contributed by atoms with van der Waals surface area (Å²) in [7, 11) is 0. The zero-order valence-corrected chi connectivity index (χ0v) is 6.42. The number of aliphatic imine (C=N–C) groups is 1. The standard InChI is InChI=1S/C7H13NO2/c1-6(5-7(2)10)8-3-4-9/h9H,3-5H2,1-2H3/b8-6+. The molecule has 0 aromatic rings. The largest absolute Gasteiger partial charge is 0.394 e. The highest BCUT2D eigenvalue weighted by Crippen LogP contribution is 1.87. The Morgan fingerprint density at radius 1 is 1.50 bits per heavy atom. The Morgan fingerprint density at radius 3 is 2.50 bits per heavy atom. The van der Waals surface area contributed by atoms with Gasteiger partial charge in [0.2, 0.25) is 0 Å². The van der Waals surface area contributed by atoms with Crippen molar-refractivity contribution in [2.75, 3.05) is 13.2 Å². The fourth-order valence-electron chi connectivity index (χ4n) is 0.657. The summed E-state index contributed by atoms with van der Waals surface area (Å²) in [6, 6.07) is 0. The van der Waals surface area contributed by atoms with Crippen LogP contribution >= 0.6 is 0 Å². The Balaban J connectivity index is 3.59. The predicted molar refractivity (Wildman–Crippen MR) is 40.4 cm³/mol. The van der Waals surface area contributed by atoms with E-state index in [0.29, 0.717) is 13.0 Å². The monoisotopic (exact) mass is 143 g/mol. The number of hydrogen-bond donors (Lipinski definition) is 1. The topological polar surface area (TPSA) is 49.7 Å². The highest BCUT2D eigenvalue weighted by atomic mass is 16.3. The minimum absolute atomic E-state index is 0.0508. The quantitative estimate of drug-likeness (QED) is 0.580. The maximum atomic E-state index is 10.5. The summed E-state index contributed by atoms with van der Waals surface area (Å²) in [6.45, 7) is 3.77. The van der Waals surface area contributed by atoms with Crippen molar-refractivity contribution in [2.45, 2.75) is 20.3 Å². The number of Topliss-reactive ketones (excluding diaryl/α,β-unsaturated/α-hetero) is 1. The first-order chi connectivity index (χ1) is 4.66. The number of hydrogen-bond acceptors (Lipinski definition) is 3. The zero-order chi connectivity index (χ0) is 7.98. The molecule has 0 aromatic heterocycles. The van der Waals surface area contributed by atoms with Crippen molar-refractivity contribution in [2.24, 2.45) is 4.99 Å². The molecule has 3 nitrogen and oxygen atoms in total. The van der Waals surface area contributed by atoms with Crippen LogP contribution in [-0.2, 0) is 4.79 Å². The van der Waals surface area contributed by atoms with Gasteiger partial charge in [0, 0.05) is 12.1 Å². The Hall–Kier alpha value is -0.700. The lowest BCUT2D eigenvalue weighted by Crippen LogP contribution is -2.01. The molecule has 0 spiro atoms. The van der Waals surface area contributed by atoms with Gasteiger partial charge in [0.25, 0.3) is 0 Å². The first-order valence-electron chi connectivity index (χ1n) is 3.27. The molecule has 0 aliphatic rings. The number of aliphatic hydroxyl groups is 1. The summed E-state index contributed by atoms with van der Waals surface area (Å²) in [6.07, 6.45) is 0.403. The minimum atomic E-state index is 0.0508. The number of carbonyl (C=O) groups excluding carboxylic acids is 1. The van der Waals surface area contributed by atoms with E-state index < -0.39 is 0 Å². The van der Waals surface area contributed by atoms with Crippen LogP contribution in [0.2, 0.25) is 0 Å². The van der Waals surface area contributed by atoms with Gasteiger partial charge in [-0.2, -0.15) is 0 Å². The van der Waals surface area contributed by atoms with Crippen molar-refractivity contribution >= 4 is 11.5 Å². The normalized spacial score (nSPS) is 11.7. The molecule has 0 amide bonds. The van der Waals surface area contributed by atoms with Crippen molar-refractivity contribution < 1.29 is 9.90 Å². The van der Waals surface area contributed by atoms with Gasteiger partial charge in [0.15, 0.2) is 0 Å². The van der Waals surface area contributed by atoms with Crippen molar-refractivity contribution in [3.63, 3.8) is 0 Å². The SMILES string of the molecule is CC(=O)C/C(C)=N/CCO. The van der Waals surface area contributed by atoms with Gasteiger partial charge in [-0.25, -0.2) is 0 Å². The highest BCUT2D eigenvalue weighted by molar-refractivity contribution is 5.99. The molecule has 0 fully saturated rings. The van der Waals surface area contributed by atoms with Gasteiger partial charge in [-0.05, 0) is 13.8 Å². The molecule has 58 valence electrons. The van der Waals surface area contributed by atoms with Crippen LogP contribution in [0, 0.1) is 0 Å². The van der Waals surface area contributed by atoms with Crippen LogP contribution in [0.25, 0.3) is 0 Å². The van der Waals surface area contributed by atoms with Gasteiger partial charge in [-0.3, -0.25) is 9.79 Å². The molecule has 0 heterocycles. The molecule has 0 atom stereocenters. The molecule has 10 heavy (non-hydrogen) atoms. The van der Waals surface area contributed by atoms with E-state index in [1.165, 1.54) is 6.92 Å². The summed E-state index contributed by atoms with van der Waals surface area (Å²) in [4.78, 5) is 14.4. The van der Waals surface area contributed by atoms with E-state index >= 15 is 0 Å². The van der Waals surface area contributed by atoms with Crippen LogP contribution in [0.15, 0.2) is 4.99 Å². The minimum Gasteiger partial charge on any atom is -0.394 e. The van der Waals surface area contributed by atoms with Gasteiger partial charge in [-0.15, -0.1) is 0 Å². The van der Waals surface area contributed by atoms with Crippen LogP contribution in [0.5, 0.6) is 0 Å². The molecule has 0 aromatic carbocycles. The van der Waals surface area contributed by atoms with Crippen LogP contribution in [0.4, 0.5) is 0 Å². The van der Waals surface area contributed by atoms with Crippen molar-refractivity contribution in [3.8, 4) is 0 Å². The fraction of sp³-hybridized carbons (Fsp3) is 0.714. The van der Waals surface area contributed by atoms with Gasteiger partial charge in [0.05, 0.1) is 13.2 Å². The number of nitrogens with zero attached hydrogens (tertiary/aromatic N) is 1. The van der Waals surface area contributed by atoms with E-state index in [1.807, 2.05) is 0 Å². The summed E-state index contributed by atoms with van der Waals surface area (Å²) < 4.78 is 0. The second-order valence-electron chi connectivity index (χ2n) is 2.22. The number of rotatable bonds is 4. The second kappa shape index (κ2) is 5.11. The smallest absolute Gasteiger partial charge is 0.135 e. The molecule has 0 aliphatic heterocycles. The second-order valence-corrected chi connectivity index (χ2v) is 2.22. The van der Waals surface area contributed by atoms with E-state index in [1.54, 1.807) is 6.92 Å². The lowest BCUT2D eigenvalue weighted by atomic mass is 10.2. The van der Waals surface area contributed by atoms with E-state index in [0.717, 1.165) is 5.71 Å². The average molecular weight is 143 g/mol. The molecule has 3 heteroatoms. The molecule has 0 saturated carbocycles. The maximum absolute atomic E-state index is 10.5. The van der Waals surface area contributed by atoms with Gasteiger partial charge in [0.1, 0.15) is 5.78 Å². The van der Waals surface area contributed by atoms with Crippen LogP contribution in [-0.4, -0.2) is 29.8 Å². The molecular weight excluding hydrogens is 130 g/mol. The molecule has 0 unspecified atom stereocenters. The van der Waals surface area contributed by atoms with Gasteiger partial charge in [-0.1, -0.05) is 0 Å². The number of aliphatic hydroxyl groups excluding tert-OH is 1. The van der Waals surface area contributed by atoms with Crippen LogP contribution in [0.3, 0.4) is 0 Å². The summed E-state index contributed by atoms with van der Waals surface area (Å²) >= 11 is 0. The first kappa shape index (κ1) is 9.30. The van der Waals surface area contributed by atoms with E-state index in [4.69, 9.17) is 5.11 Å². The predicted octanol–water partition coefficient (Wildman–Crippen LogP) is 0.419. The van der Waals surface area contributed by atoms with E-state index in [2.05, 4.69) is 4.99 Å². The van der Waals surface area contributed by atoms with Crippen molar-refractivity contribution in [1.82, 2.24) is 0 Å². The van der Waals surface area contributed by atoms with Gasteiger partial charge >= 0.3 is 0 Å². The van der Waals surface area contributed by atoms with Crippen molar-refractivity contribution in [3.05, 3.63) is 0 Å². The number of carbonyl (C=O) groups is 1. The third-order valence-corrected chi connectivity index (χ3v) is 0.986. The highest BCUT2D eigenvalue weighted by Gasteiger charge is 1.94. The molecule has 0 radical (unpaired) electrons. The summed E-state index contributed by atoms with van der Waals surface area (Å²) in [5.74, 6) is 0.110. The van der Waals surface area contributed by atoms with Crippen LogP contribution in [0.1, 0.15) is 20.3 Å². The third kappa shape index (κ3) is 5.44. The average Bonchev–Trinajstić information content (AvgIpc) is 1.82. The zero-order valence-electron chi connectivity index (χ0n) is 6.42. The molecular formula is C7H13NO2. The summed E-state index contributed by atoms with van der Waals surface area (Å²) in [5.41, 5.74) is 0.793. The Labute approximate surface area is 60.8 Å². The molecule has 0 aliphatic carbocycles.